The number of nitrogens with zero attached hydrogens (tertiary/aromatic N) is 2. The molecule has 0 atom stereocenters. The van der Waals surface area contributed by atoms with Crippen molar-refractivity contribution in [1.82, 2.24) is 14.9 Å². The molecule has 30 heavy (non-hydrogen) atoms. The number of rotatable bonds is 11. The number of anilines is 2. The molecule has 0 saturated heterocycles. The van der Waals surface area contributed by atoms with Crippen LogP contribution in [0.4, 0.5) is 11.5 Å². The summed E-state index contributed by atoms with van der Waals surface area (Å²) in [5.41, 5.74) is 5.47. The van der Waals surface area contributed by atoms with Crippen LogP contribution in [0.15, 0.2) is 29.2 Å². The maximum atomic E-state index is 12.3. The summed E-state index contributed by atoms with van der Waals surface area (Å²) in [6.07, 6.45) is 1.45. The van der Waals surface area contributed by atoms with Crippen LogP contribution < -0.4 is 31.5 Å². The van der Waals surface area contributed by atoms with Gasteiger partial charge in [0.25, 0.3) is 0 Å². The maximum absolute atomic E-state index is 12.3. The number of carbonyl (C=O) groups excluding carboxylic acids is 1. The van der Waals surface area contributed by atoms with Crippen molar-refractivity contribution in [1.29, 1.82) is 0 Å². The van der Waals surface area contributed by atoms with E-state index in [2.05, 4.69) is 15.6 Å². The zero-order valence-corrected chi connectivity index (χ0v) is 16.7. The van der Waals surface area contributed by atoms with Crippen LogP contribution >= 0.6 is 0 Å². The Bertz CT molecular complexity index is 932. The lowest BCUT2D eigenvalue weighted by molar-refractivity contribution is -0.122. The molecule has 0 spiro atoms. The van der Waals surface area contributed by atoms with Crippen LogP contribution in [0.2, 0.25) is 0 Å². The quantitative estimate of drug-likeness (QED) is 0.372. The second kappa shape index (κ2) is 10.6. The molecule has 0 saturated carbocycles. The third-order valence-corrected chi connectivity index (χ3v) is 4.10. The molecule has 2 heterocycles. The van der Waals surface area contributed by atoms with E-state index in [9.17, 15) is 9.59 Å². The number of nitrogens with one attached hydrogen (secondary N) is 2. The van der Waals surface area contributed by atoms with Gasteiger partial charge in [0.05, 0.1) is 26.0 Å². The van der Waals surface area contributed by atoms with E-state index in [1.807, 2.05) is 0 Å². The molecular weight excluding hydrogens is 394 g/mol. The topological polar surface area (TPSA) is 139 Å². The summed E-state index contributed by atoms with van der Waals surface area (Å²) >= 11 is 0. The fourth-order valence-corrected chi connectivity index (χ4v) is 2.71. The maximum Gasteiger partial charge on any atom is 0.350 e. The summed E-state index contributed by atoms with van der Waals surface area (Å²) in [4.78, 5) is 28.4. The van der Waals surface area contributed by atoms with Crippen molar-refractivity contribution in [3.05, 3.63) is 34.9 Å². The van der Waals surface area contributed by atoms with E-state index in [4.69, 9.17) is 24.7 Å². The Kier molecular flexibility index (Phi) is 7.60. The standard InChI is InChI=1S/C19H25N5O6/c1-27-9-10-28-8-6-21-16(25)12-24-11-15-18(23-19(24)26)22-17-13(29-7-5-20)3-2-4-14(17)30-15/h2-4,11H,5-10,12,20H2,1H3,(H,21,25)(H,22,23,26). The number of aromatic nitrogens is 2. The number of amides is 1. The predicted octanol–water partition coefficient (Wildman–Crippen LogP) is 0.209. The summed E-state index contributed by atoms with van der Waals surface area (Å²) in [5, 5.41) is 5.74. The third-order valence-electron chi connectivity index (χ3n) is 4.10. The van der Waals surface area contributed by atoms with Gasteiger partial charge in [-0.25, -0.2) is 4.79 Å². The fraction of sp³-hybridized carbons (Fsp3) is 0.421. The SMILES string of the molecule is COCCOCCNC(=O)Cn1cc2c(nc1=O)Nc1c(OCCN)cccc1O2. The average molecular weight is 419 g/mol. The highest BCUT2D eigenvalue weighted by Crippen LogP contribution is 2.44. The third kappa shape index (κ3) is 5.47. The lowest BCUT2D eigenvalue weighted by atomic mass is 10.2. The zero-order valence-electron chi connectivity index (χ0n) is 16.7. The van der Waals surface area contributed by atoms with E-state index in [-0.39, 0.29) is 18.3 Å². The number of fused-ring (bicyclic) bond motifs is 2. The highest BCUT2D eigenvalue weighted by molar-refractivity contribution is 5.78. The van der Waals surface area contributed by atoms with Gasteiger partial charge in [-0.2, -0.15) is 4.98 Å². The smallest absolute Gasteiger partial charge is 0.350 e. The number of carbonyl (C=O) groups is 1. The van der Waals surface area contributed by atoms with Gasteiger partial charge in [-0.05, 0) is 12.1 Å². The van der Waals surface area contributed by atoms with Crippen molar-refractivity contribution >= 4 is 17.4 Å². The Morgan fingerprint density at radius 1 is 1.27 bits per heavy atom. The first-order valence-electron chi connectivity index (χ1n) is 9.48. The van der Waals surface area contributed by atoms with Crippen molar-refractivity contribution in [3.8, 4) is 17.2 Å². The van der Waals surface area contributed by atoms with E-state index in [0.717, 1.165) is 0 Å². The van der Waals surface area contributed by atoms with Crippen LogP contribution in [0.5, 0.6) is 17.2 Å². The molecule has 1 amide bonds. The molecule has 0 fully saturated rings. The van der Waals surface area contributed by atoms with Crippen molar-refractivity contribution in [2.24, 2.45) is 5.73 Å². The Balaban J connectivity index is 1.63. The summed E-state index contributed by atoms with van der Waals surface area (Å²) in [6.45, 7) is 2.13. The molecule has 162 valence electrons. The van der Waals surface area contributed by atoms with Gasteiger partial charge in [0.1, 0.15) is 24.6 Å². The molecule has 1 aromatic carbocycles. The predicted molar refractivity (Wildman–Crippen MR) is 109 cm³/mol. The fourth-order valence-electron chi connectivity index (χ4n) is 2.71. The van der Waals surface area contributed by atoms with Crippen LogP contribution in [-0.4, -0.2) is 62.1 Å². The van der Waals surface area contributed by atoms with Gasteiger partial charge < -0.3 is 35.3 Å². The summed E-state index contributed by atoms with van der Waals surface area (Å²) < 4.78 is 22.8. The molecule has 0 aliphatic carbocycles. The van der Waals surface area contributed by atoms with Crippen LogP contribution in [0, 0.1) is 0 Å². The molecule has 0 radical (unpaired) electrons. The first-order chi connectivity index (χ1) is 14.6. The highest BCUT2D eigenvalue weighted by Gasteiger charge is 2.23. The Morgan fingerprint density at radius 2 is 2.13 bits per heavy atom. The number of nitrogens with two attached hydrogens (primary N) is 1. The summed E-state index contributed by atoms with van der Waals surface area (Å²) in [6, 6.07) is 5.30. The number of ether oxygens (including phenoxy) is 4. The van der Waals surface area contributed by atoms with E-state index in [1.54, 1.807) is 25.3 Å². The lowest BCUT2D eigenvalue weighted by Crippen LogP contribution is -2.35. The second-order valence-electron chi connectivity index (χ2n) is 6.31. The Labute approximate surface area is 173 Å². The van der Waals surface area contributed by atoms with Crippen LogP contribution in [-0.2, 0) is 20.8 Å². The van der Waals surface area contributed by atoms with Crippen molar-refractivity contribution in [2.45, 2.75) is 6.54 Å². The second-order valence-corrected chi connectivity index (χ2v) is 6.31. The number of benzene rings is 1. The van der Waals surface area contributed by atoms with Gasteiger partial charge in [0, 0.05) is 20.2 Å². The Hall–Kier alpha value is -3.15. The van der Waals surface area contributed by atoms with E-state index < -0.39 is 5.69 Å². The minimum atomic E-state index is -0.583. The van der Waals surface area contributed by atoms with Crippen molar-refractivity contribution < 1.29 is 23.7 Å². The first kappa shape index (κ1) is 21.6. The van der Waals surface area contributed by atoms with E-state index >= 15 is 0 Å². The molecule has 2 aromatic rings. The largest absolute Gasteiger partial charge is 0.490 e. The first-order valence-corrected chi connectivity index (χ1v) is 9.48. The van der Waals surface area contributed by atoms with Crippen molar-refractivity contribution in [3.63, 3.8) is 0 Å². The highest BCUT2D eigenvalue weighted by atomic mass is 16.5. The minimum Gasteiger partial charge on any atom is -0.490 e. The molecule has 1 aromatic heterocycles. The van der Waals surface area contributed by atoms with Gasteiger partial charge in [0.15, 0.2) is 17.3 Å². The zero-order chi connectivity index (χ0) is 21.3. The van der Waals surface area contributed by atoms with Crippen LogP contribution in [0.3, 0.4) is 0 Å². The molecule has 3 rings (SSSR count). The molecule has 0 unspecified atom stereocenters. The van der Waals surface area contributed by atoms with Crippen molar-refractivity contribution in [2.75, 3.05) is 51.9 Å². The number of para-hydroxylation sites is 1. The van der Waals surface area contributed by atoms with Gasteiger partial charge in [-0.1, -0.05) is 6.07 Å². The molecule has 4 N–H and O–H groups in total. The van der Waals surface area contributed by atoms with Gasteiger partial charge in [0.2, 0.25) is 5.91 Å². The molecule has 11 heteroatoms. The number of hydrogen-bond donors (Lipinski definition) is 3. The molecule has 1 aliphatic rings. The average Bonchev–Trinajstić information content (AvgIpc) is 2.74. The summed E-state index contributed by atoms with van der Waals surface area (Å²) in [7, 11) is 1.59. The van der Waals surface area contributed by atoms with Gasteiger partial charge >= 0.3 is 5.69 Å². The molecule has 11 nitrogen and oxygen atoms in total. The number of methoxy groups -OCH3 is 1. The lowest BCUT2D eigenvalue weighted by Gasteiger charge is -2.23. The Morgan fingerprint density at radius 3 is 2.93 bits per heavy atom. The molecule has 1 aliphatic heterocycles. The molecular formula is C19H25N5O6. The van der Waals surface area contributed by atoms with Crippen LogP contribution in [0.1, 0.15) is 0 Å². The molecule has 0 bridgehead atoms. The minimum absolute atomic E-state index is 0.187. The van der Waals surface area contributed by atoms with Gasteiger partial charge in [-0.15, -0.1) is 0 Å². The van der Waals surface area contributed by atoms with Crippen LogP contribution in [0.25, 0.3) is 0 Å². The number of hydrogen-bond acceptors (Lipinski definition) is 9. The van der Waals surface area contributed by atoms with Gasteiger partial charge in [-0.3, -0.25) is 9.36 Å². The normalized spacial score (nSPS) is 11.7. The monoisotopic (exact) mass is 419 g/mol. The van der Waals surface area contributed by atoms with E-state index in [0.29, 0.717) is 62.5 Å². The summed E-state index contributed by atoms with van der Waals surface area (Å²) in [5.74, 6) is 1.30. The van der Waals surface area contributed by atoms with E-state index in [1.165, 1.54) is 10.8 Å².